The van der Waals surface area contributed by atoms with E-state index in [2.05, 4.69) is 10.6 Å². The molecular weight excluding hydrogens is 310 g/mol. The molecule has 0 atom stereocenters. The topological polar surface area (TPSA) is 79.9 Å². The van der Waals surface area contributed by atoms with Crippen molar-refractivity contribution in [3.05, 3.63) is 23.8 Å². The van der Waals surface area contributed by atoms with Crippen molar-refractivity contribution in [3.63, 3.8) is 0 Å². The first-order valence-corrected chi connectivity index (χ1v) is 8.09. The van der Waals surface area contributed by atoms with Crippen molar-refractivity contribution in [3.8, 4) is 11.5 Å². The monoisotopic (exact) mass is 335 g/mol. The summed E-state index contributed by atoms with van der Waals surface area (Å²) >= 11 is 0. The Kier molecular flexibility index (Phi) is 6.43. The summed E-state index contributed by atoms with van der Waals surface area (Å²) in [5.74, 6) is 1.01. The van der Waals surface area contributed by atoms with E-state index in [1.165, 1.54) is 0 Å². The molecule has 0 saturated heterocycles. The molecule has 3 amide bonds. The number of carbonyl (C=O) groups excluding carboxylic acids is 2. The summed E-state index contributed by atoms with van der Waals surface area (Å²) in [5.41, 5.74) is 1.00. The van der Waals surface area contributed by atoms with Gasteiger partial charge in [-0.1, -0.05) is 13.0 Å². The van der Waals surface area contributed by atoms with E-state index in [1.54, 1.807) is 14.2 Å². The standard InChI is InChI=1S/C17H25N3O4/c1-4-20(11-16(21)19-17(22)18-13-6-7-13)10-12-5-8-14(23-2)15(9-12)24-3/h5,8-9,13H,4,6-7,10-11H2,1-3H3,(H2,18,19,21,22). The Balaban J connectivity index is 1.88. The molecule has 0 spiro atoms. The van der Waals surface area contributed by atoms with Crippen LogP contribution in [0.5, 0.6) is 11.5 Å². The van der Waals surface area contributed by atoms with E-state index in [-0.39, 0.29) is 18.5 Å². The van der Waals surface area contributed by atoms with Crippen LogP contribution in [-0.4, -0.2) is 50.2 Å². The normalized spacial score (nSPS) is 13.5. The van der Waals surface area contributed by atoms with Crippen molar-refractivity contribution in [2.45, 2.75) is 32.4 Å². The second-order valence-electron chi connectivity index (χ2n) is 5.79. The summed E-state index contributed by atoms with van der Waals surface area (Å²) < 4.78 is 10.5. The van der Waals surface area contributed by atoms with E-state index in [4.69, 9.17) is 9.47 Å². The number of nitrogens with zero attached hydrogens (tertiary/aromatic N) is 1. The number of methoxy groups -OCH3 is 2. The zero-order valence-corrected chi connectivity index (χ0v) is 14.4. The van der Waals surface area contributed by atoms with Gasteiger partial charge < -0.3 is 14.8 Å². The van der Waals surface area contributed by atoms with Crippen LogP contribution in [0.25, 0.3) is 0 Å². The number of carbonyl (C=O) groups is 2. The number of hydrogen-bond acceptors (Lipinski definition) is 5. The zero-order valence-electron chi connectivity index (χ0n) is 14.4. The molecule has 1 saturated carbocycles. The number of rotatable bonds is 8. The molecule has 1 aliphatic rings. The van der Waals surface area contributed by atoms with Crippen molar-refractivity contribution in [1.82, 2.24) is 15.5 Å². The number of amides is 3. The van der Waals surface area contributed by atoms with Gasteiger partial charge in [-0.25, -0.2) is 4.79 Å². The lowest BCUT2D eigenvalue weighted by molar-refractivity contribution is -0.121. The maximum atomic E-state index is 12.0. The molecule has 0 unspecified atom stereocenters. The highest BCUT2D eigenvalue weighted by atomic mass is 16.5. The lowest BCUT2D eigenvalue weighted by Gasteiger charge is -2.20. The summed E-state index contributed by atoms with van der Waals surface area (Å²) in [6.07, 6.45) is 1.98. The first kappa shape index (κ1) is 18.1. The second kappa shape index (κ2) is 8.54. The van der Waals surface area contributed by atoms with Crippen LogP contribution in [-0.2, 0) is 11.3 Å². The van der Waals surface area contributed by atoms with Crippen molar-refractivity contribution < 1.29 is 19.1 Å². The lowest BCUT2D eigenvalue weighted by Crippen LogP contribution is -2.45. The molecule has 2 rings (SSSR count). The number of hydrogen-bond donors (Lipinski definition) is 2. The summed E-state index contributed by atoms with van der Waals surface area (Å²) in [6.45, 7) is 3.39. The number of nitrogens with one attached hydrogen (secondary N) is 2. The Hall–Kier alpha value is -2.28. The third kappa shape index (κ3) is 5.42. The molecule has 1 aromatic rings. The fourth-order valence-electron chi connectivity index (χ4n) is 2.34. The largest absolute Gasteiger partial charge is 0.493 e. The van der Waals surface area contributed by atoms with Crippen LogP contribution < -0.4 is 20.1 Å². The predicted octanol–water partition coefficient (Wildman–Crippen LogP) is 1.51. The second-order valence-corrected chi connectivity index (χ2v) is 5.79. The summed E-state index contributed by atoms with van der Waals surface area (Å²) in [6, 6.07) is 5.48. The molecule has 132 valence electrons. The van der Waals surface area contributed by atoms with Crippen LogP contribution >= 0.6 is 0 Å². The molecule has 7 heteroatoms. The molecular formula is C17H25N3O4. The molecule has 7 nitrogen and oxygen atoms in total. The fraction of sp³-hybridized carbons (Fsp3) is 0.529. The first-order valence-electron chi connectivity index (χ1n) is 8.09. The number of benzene rings is 1. The van der Waals surface area contributed by atoms with Gasteiger partial charge in [0.1, 0.15) is 0 Å². The zero-order chi connectivity index (χ0) is 17.5. The molecule has 0 heterocycles. The van der Waals surface area contributed by atoms with Gasteiger partial charge in [0, 0.05) is 12.6 Å². The molecule has 1 fully saturated rings. The molecule has 2 N–H and O–H groups in total. The number of imide groups is 1. The first-order chi connectivity index (χ1) is 11.5. The van der Waals surface area contributed by atoms with Gasteiger partial charge in [-0.15, -0.1) is 0 Å². The minimum absolute atomic E-state index is 0.156. The van der Waals surface area contributed by atoms with E-state index in [0.717, 1.165) is 18.4 Å². The molecule has 0 aliphatic heterocycles. The molecule has 1 aromatic carbocycles. The Morgan fingerprint density at radius 2 is 1.92 bits per heavy atom. The van der Waals surface area contributed by atoms with Gasteiger partial charge in [-0.2, -0.15) is 0 Å². The van der Waals surface area contributed by atoms with Crippen molar-refractivity contribution in [2.24, 2.45) is 0 Å². The van der Waals surface area contributed by atoms with Crippen molar-refractivity contribution in [2.75, 3.05) is 27.3 Å². The highest BCUT2D eigenvalue weighted by Crippen LogP contribution is 2.28. The average Bonchev–Trinajstić information content (AvgIpc) is 3.37. The molecule has 24 heavy (non-hydrogen) atoms. The van der Waals surface area contributed by atoms with Crippen LogP contribution in [0.3, 0.4) is 0 Å². The molecule has 0 radical (unpaired) electrons. The summed E-state index contributed by atoms with van der Waals surface area (Å²) in [5, 5.41) is 5.10. The fourth-order valence-corrected chi connectivity index (χ4v) is 2.34. The Bertz CT molecular complexity index is 587. The summed E-state index contributed by atoms with van der Waals surface area (Å²) in [7, 11) is 3.18. The van der Waals surface area contributed by atoms with E-state index >= 15 is 0 Å². The van der Waals surface area contributed by atoms with Crippen molar-refractivity contribution >= 4 is 11.9 Å². The summed E-state index contributed by atoms with van der Waals surface area (Å²) in [4.78, 5) is 25.5. The van der Waals surface area contributed by atoms with Gasteiger partial charge in [0.25, 0.3) is 0 Å². The Morgan fingerprint density at radius 3 is 2.50 bits per heavy atom. The van der Waals surface area contributed by atoms with Crippen LogP contribution in [0.2, 0.25) is 0 Å². The van der Waals surface area contributed by atoms with Gasteiger partial charge in [-0.3, -0.25) is 15.0 Å². The van der Waals surface area contributed by atoms with Gasteiger partial charge in [0.2, 0.25) is 5.91 Å². The minimum atomic E-state index is -0.412. The third-order valence-corrected chi connectivity index (χ3v) is 3.83. The SMILES string of the molecule is CCN(CC(=O)NC(=O)NC1CC1)Cc1ccc(OC)c(OC)c1. The van der Waals surface area contributed by atoms with Crippen LogP contribution in [0, 0.1) is 0 Å². The quantitative estimate of drug-likeness (QED) is 0.753. The van der Waals surface area contributed by atoms with E-state index < -0.39 is 6.03 Å². The lowest BCUT2D eigenvalue weighted by atomic mass is 10.2. The third-order valence-electron chi connectivity index (χ3n) is 3.83. The highest BCUT2D eigenvalue weighted by Gasteiger charge is 2.24. The maximum Gasteiger partial charge on any atom is 0.321 e. The van der Waals surface area contributed by atoms with Crippen LogP contribution in [0.15, 0.2) is 18.2 Å². The highest BCUT2D eigenvalue weighted by molar-refractivity contribution is 5.95. The van der Waals surface area contributed by atoms with Gasteiger partial charge in [0.15, 0.2) is 11.5 Å². The van der Waals surface area contributed by atoms with Crippen LogP contribution in [0.4, 0.5) is 4.79 Å². The number of urea groups is 1. The molecule has 0 bridgehead atoms. The minimum Gasteiger partial charge on any atom is -0.493 e. The van der Waals surface area contributed by atoms with E-state index in [0.29, 0.717) is 24.6 Å². The molecule has 0 aromatic heterocycles. The molecule has 1 aliphatic carbocycles. The van der Waals surface area contributed by atoms with Crippen molar-refractivity contribution in [1.29, 1.82) is 0 Å². The van der Waals surface area contributed by atoms with Crippen LogP contribution in [0.1, 0.15) is 25.3 Å². The Morgan fingerprint density at radius 1 is 1.21 bits per heavy atom. The van der Waals surface area contributed by atoms with Gasteiger partial charge in [0.05, 0.1) is 20.8 Å². The maximum absolute atomic E-state index is 12.0. The number of ether oxygens (including phenoxy) is 2. The smallest absolute Gasteiger partial charge is 0.321 e. The predicted molar refractivity (Wildman–Crippen MR) is 90.2 cm³/mol. The number of likely N-dealkylation sites (N-methyl/N-ethyl adjacent to an activating group) is 1. The Labute approximate surface area is 142 Å². The van der Waals surface area contributed by atoms with E-state index in [9.17, 15) is 9.59 Å². The van der Waals surface area contributed by atoms with Gasteiger partial charge in [-0.05, 0) is 37.1 Å². The van der Waals surface area contributed by atoms with E-state index in [1.807, 2.05) is 30.0 Å². The van der Waals surface area contributed by atoms with Gasteiger partial charge >= 0.3 is 6.03 Å². The average molecular weight is 335 g/mol.